The van der Waals surface area contributed by atoms with Gasteiger partial charge in [-0.2, -0.15) is 0 Å². The number of nitrogens with zero attached hydrogens (tertiary/aromatic N) is 1. The minimum Gasteiger partial charge on any atom is -0.369 e. The minimum absolute atomic E-state index is 0.811. The molecule has 0 amide bonds. The number of hydrogen-bond acceptors (Lipinski definition) is 2. The van der Waals surface area contributed by atoms with Gasteiger partial charge >= 0.3 is 0 Å². The average molecular weight is 260 g/mol. The average Bonchev–Trinajstić information content (AvgIpc) is 3.23. The van der Waals surface area contributed by atoms with Crippen molar-refractivity contribution in [2.24, 2.45) is 0 Å². The van der Waals surface area contributed by atoms with Crippen LogP contribution in [-0.4, -0.2) is 19.1 Å². The zero-order valence-corrected chi connectivity index (χ0v) is 12.7. The first kappa shape index (κ1) is 14.4. The van der Waals surface area contributed by atoms with Crippen LogP contribution in [0.5, 0.6) is 0 Å². The van der Waals surface area contributed by atoms with Gasteiger partial charge in [0.05, 0.1) is 0 Å². The molecule has 1 aromatic carbocycles. The molecule has 0 radical (unpaired) electrons. The highest BCUT2D eigenvalue weighted by Gasteiger charge is 2.28. The quantitative estimate of drug-likeness (QED) is 0.763. The molecule has 19 heavy (non-hydrogen) atoms. The summed E-state index contributed by atoms with van der Waals surface area (Å²) in [6, 6.07) is 7.80. The molecule has 0 aromatic heterocycles. The Hall–Kier alpha value is -1.02. The molecule has 0 saturated heterocycles. The Balaban J connectivity index is 2.07. The maximum Gasteiger partial charge on any atom is 0.0371 e. The number of benzene rings is 1. The molecule has 1 aliphatic rings. The van der Waals surface area contributed by atoms with Gasteiger partial charge in [0.2, 0.25) is 0 Å². The molecule has 1 aliphatic carbocycles. The summed E-state index contributed by atoms with van der Waals surface area (Å²) in [4.78, 5) is 2.62. The summed E-state index contributed by atoms with van der Waals surface area (Å²) in [7, 11) is 0. The van der Waals surface area contributed by atoms with Gasteiger partial charge in [0.15, 0.2) is 0 Å². The SMILES string of the molecule is CCCCN(c1ccc(CNCC)c(C)c1)C1CC1. The van der Waals surface area contributed by atoms with Crippen molar-refractivity contribution >= 4 is 5.69 Å². The van der Waals surface area contributed by atoms with Gasteiger partial charge in [-0.1, -0.05) is 26.3 Å². The number of aryl methyl sites for hydroxylation is 1. The summed E-state index contributed by atoms with van der Waals surface area (Å²) in [6.07, 6.45) is 5.33. The third-order valence-electron chi connectivity index (χ3n) is 3.96. The number of rotatable bonds is 8. The molecule has 1 fully saturated rings. The van der Waals surface area contributed by atoms with E-state index in [1.54, 1.807) is 0 Å². The molecule has 2 heteroatoms. The van der Waals surface area contributed by atoms with Crippen LogP contribution in [0, 0.1) is 6.92 Å². The van der Waals surface area contributed by atoms with E-state index in [4.69, 9.17) is 0 Å². The lowest BCUT2D eigenvalue weighted by molar-refractivity contribution is 0.709. The first-order valence-corrected chi connectivity index (χ1v) is 7.83. The van der Waals surface area contributed by atoms with Crippen LogP contribution in [0.2, 0.25) is 0 Å². The van der Waals surface area contributed by atoms with Gasteiger partial charge in [-0.25, -0.2) is 0 Å². The lowest BCUT2D eigenvalue weighted by atomic mass is 10.1. The van der Waals surface area contributed by atoms with Crippen molar-refractivity contribution in [2.45, 2.75) is 59.0 Å². The summed E-state index contributed by atoms with van der Waals surface area (Å²) in [5.74, 6) is 0. The zero-order valence-electron chi connectivity index (χ0n) is 12.7. The molecule has 106 valence electrons. The predicted molar refractivity (Wildman–Crippen MR) is 83.8 cm³/mol. The molecule has 0 heterocycles. The minimum atomic E-state index is 0.811. The molecule has 0 bridgehead atoms. The van der Waals surface area contributed by atoms with Gasteiger partial charge in [0.25, 0.3) is 0 Å². The van der Waals surface area contributed by atoms with Gasteiger partial charge in [-0.15, -0.1) is 0 Å². The molecule has 1 aromatic rings. The standard InChI is InChI=1S/C17H28N2/c1-4-6-11-19(16-9-10-16)17-8-7-15(13-18-5-2)14(3)12-17/h7-8,12,16,18H,4-6,9-11,13H2,1-3H3. The number of hydrogen-bond donors (Lipinski definition) is 1. The first-order chi connectivity index (χ1) is 9.26. The third kappa shape index (κ3) is 3.97. The summed E-state index contributed by atoms with van der Waals surface area (Å²) in [5, 5.41) is 3.41. The summed E-state index contributed by atoms with van der Waals surface area (Å²) in [6.45, 7) is 9.90. The smallest absolute Gasteiger partial charge is 0.0371 e. The van der Waals surface area contributed by atoms with Crippen molar-refractivity contribution in [2.75, 3.05) is 18.0 Å². The van der Waals surface area contributed by atoms with Crippen molar-refractivity contribution < 1.29 is 0 Å². The Morgan fingerprint density at radius 3 is 2.63 bits per heavy atom. The Labute approximate surface area is 118 Å². The molecular weight excluding hydrogens is 232 g/mol. The summed E-state index contributed by atoms with van der Waals surface area (Å²) < 4.78 is 0. The van der Waals surface area contributed by atoms with Gasteiger partial charge in [-0.05, 0) is 56.0 Å². The van der Waals surface area contributed by atoms with Crippen LogP contribution in [0.1, 0.15) is 50.7 Å². The van der Waals surface area contributed by atoms with Crippen LogP contribution in [0.25, 0.3) is 0 Å². The third-order valence-corrected chi connectivity index (χ3v) is 3.96. The second-order valence-electron chi connectivity index (χ2n) is 5.67. The summed E-state index contributed by atoms with van der Waals surface area (Å²) >= 11 is 0. The zero-order chi connectivity index (χ0) is 13.7. The normalized spacial score (nSPS) is 14.7. The van der Waals surface area contributed by atoms with Crippen LogP contribution in [0.15, 0.2) is 18.2 Å². The first-order valence-electron chi connectivity index (χ1n) is 7.83. The second kappa shape index (κ2) is 6.95. The van der Waals surface area contributed by atoms with E-state index in [9.17, 15) is 0 Å². The second-order valence-corrected chi connectivity index (χ2v) is 5.67. The van der Waals surface area contributed by atoms with E-state index in [-0.39, 0.29) is 0 Å². The fourth-order valence-corrected chi connectivity index (χ4v) is 2.55. The Bertz CT molecular complexity index is 396. The topological polar surface area (TPSA) is 15.3 Å². The van der Waals surface area contributed by atoms with E-state index >= 15 is 0 Å². The van der Waals surface area contributed by atoms with Crippen LogP contribution in [0.4, 0.5) is 5.69 Å². The van der Waals surface area contributed by atoms with E-state index in [2.05, 4.69) is 49.2 Å². The van der Waals surface area contributed by atoms with Crippen molar-refractivity contribution in [3.8, 4) is 0 Å². The number of unbranched alkanes of at least 4 members (excludes halogenated alkanes) is 1. The maximum atomic E-state index is 3.41. The van der Waals surface area contributed by atoms with Crippen molar-refractivity contribution in [1.82, 2.24) is 5.32 Å². The highest BCUT2D eigenvalue weighted by Crippen LogP contribution is 2.32. The van der Waals surface area contributed by atoms with Crippen molar-refractivity contribution in [3.05, 3.63) is 29.3 Å². The number of nitrogens with one attached hydrogen (secondary N) is 1. The van der Waals surface area contributed by atoms with Crippen LogP contribution >= 0.6 is 0 Å². The molecule has 0 aliphatic heterocycles. The van der Waals surface area contributed by atoms with Crippen LogP contribution in [0.3, 0.4) is 0 Å². The van der Waals surface area contributed by atoms with E-state index in [1.165, 1.54) is 49.0 Å². The van der Waals surface area contributed by atoms with Gasteiger partial charge < -0.3 is 10.2 Å². The largest absolute Gasteiger partial charge is 0.369 e. The molecule has 0 atom stereocenters. The highest BCUT2D eigenvalue weighted by atomic mass is 15.2. The molecule has 0 spiro atoms. The lowest BCUT2D eigenvalue weighted by Crippen LogP contribution is -2.26. The fraction of sp³-hybridized carbons (Fsp3) is 0.647. The molecule has 1 saturated carbocycles. The maximum absolute atomic E-state index is 3.41. The monoisotopic (exact) mass is 260 g/mol. The number of anilines is 1. The lowest BCUT2D eigenvalue weighted by Gasteiger charge is -2.25. The Kier molecular flexibility index (Phi) is 5.26. The molecule has 2 nitrogen and oxygen atoms in total. The molecular formula is C17H28N2. The van der Waals surface area contributed by atoms with Crippen LogP contribution < -0.4 is 10.2 Å². The molecule has 1 N–H and O–H groups in total. The van der Waals surface area contributed by atoms with Gasteiger partial charge in [0.1, 0.15) is 0 Å². The van der Waals surface area contributed by atoms with E-state index in [1.807, 2.05) is 0 Å². The van der Waals surface area contributed by atoms with Crippen molar-refractivity contribution in [3.63, 3.8) is 0 Å². The van der Waals surface area contributed by atoms with E-state index < -0.39 is 0 Å². The van der Waals surface area contributed by atoms with Gasteiger partial charge in [0, 0.05) is 24.8 Å². The van der Waals surface area contributed by atoms with Crippen molar-refractivity contribution in [1.29, 1.82) is 0 Å². The molecule has 2 rings (SSSR count). The predicted octanol–water partition coefficient (Wildman–Crippen LogP) is 3.87. The van der Waals surface area contributed by atoms with Crippen LogP contribution in [-0.2, 0) is 6.54 Å². The highest BCUT2D eigenvalue weighted by molar-refractivity contribution is 5.52. The van der Waals surface area contributed by atoms with Gasteiger partial charge in [-0.3, -0.25) is 0 Å². The summed E-state index contributed by atoms with van der Waals surface area (Å²) in [5.41, 5.74) is 4.27. The Morgan fingerprint density at radius 1 is 1.26 bits per heavy atom. The van der Waals surface area contributed by atoms with E-state index in [0.29, 0.717) is 0 Å². The molecule has 0 unspecified atom stereocenters. The van der Waals surface area contributed by atoms with E-state index in [0.717, 1.165) is 19.1 Å². The fourth-order valence-electron chi connectivity index (χ4n) is 2.55. The Morgan fingerprint density at radius 2 is 2.05 bits per heavy atom.